The molecule has 0 aliphatic carbocycles. The molecule has 2 heterocycles. The van der Waals surface area contributed by atoms with Gasteiger partial charge in [0.25, 0.3) is 5.91 Å². The van der Waals surface area contributed by atoms with E-state index < -0.39 is 0 Å². The molecule has 0 radical (unpaired) electrons. The summed E-state index contributed by atoms with van der Waals surface area (Å²) >= 11 is 0. The van der Waals surface area contributed by atoms with E-state index in [0.29, 0.717) is 17.9 Å². The highest BCUT2D eigenvalue weighted by atomic mass is 16.3. The van der Waals surface area contributed by atoms with Crippen molar-refractivity contribution < 1.29 is 9.90 Å². The number of aliphatic hydroxyl groups is 1. The molecule has 5 heteroatoms. The molecule has 1 aromatic heterocycles. The van der Waals surface area contributed by atoms with Crippen molar-refractivity contribution in [3.63, 3.8) is 0 Å². The van der Waals surface area contributed by atoms with E-state index in [1.54, 1.807) is 11.1 Å². The zero-order valence-corrected chi connectivity index (χ0v) is 10.9. The first-order valence-corrected chi connectivity index (χ1v) is 6.32. The lowest BCUT2D eigenvalue weighted by Crippen LogP contribution is -2.41. The van der Waals surface area contributed by atoms with E-state index in [2.05, 4.69) is 9.97 Å². The van der Waals surface area contributed by atoms with Crippen LogP contribution in [0.3, 0.4) is 0 Å². The first-order valence-electron chi connectivity index (χ1n) is 6.32. The van der Waals surface area contributed by atoms with Gasteiger partial charge in [-0.15, -0.1) is 0 Å². The van der Waals surface area contributed by atoms with Gasteiger partial charge in [0.15, 0.2) is 0 Å². The third-order valence-corrected chi connectivity index (χ3v) is 3.39. The Morgan fingerprint density at radius 3 is 3.00 bits per heavy atom. The van der Waals surface area contributed by atoms with Crippen molar-refractivity contribution in [2.75, 3.05) is 19.7 Å². The number of hydrogen-bond acceptors (Lipinski definition) is 4. The van der Waals surface area contributed by atoms with Crippen molar-refractivity contribution in [2.45, 2.75) is 26.7 Å². The van der Waals surface area contributed by atoms with Crippen LogP contribution in [0.25, 0.3) is 0 Å². The molecule has 18 heavy (non-hydrogen) atoms. The van der Waals surface area contributed by atoms with E-state index in [4.69, 9.17) is 0 Å². The number of carbonyl (C=O) groups is 1. The fraction of sp³-hybridized carbons (Fsp3) is 0.615. The normalized spacial score (nSPS) is 19.9. The number of rotatable bonds is 2. The molecule has 98 valence electrons. The molecule has 1 aromatic rings. The van der Waals surface area contributed by atoms with Gasteiger partial charge in [0.1, 0.15) is 5.82 Å². The number of amides is 1. The summed E-state index contributed by atoms with van der Waals surface area (Å²) in [5, 5.41) is 9.19. The minimum absolute atomic E-state index is 0.0225. The second kappa shape index (κ2) is 5.44. The van der Waals surface area contributed by atoms with Crippen molar-refractivity contribution in [2.24, 2.45) is 5.92 Å². The van der Waals surface area contributed by atoms with Crippen molar-refractivity contribution in [3.8, 4) is 0 Å². The lowest BCUT2D eigenvalue weighted by atomic mass is 9.98. The summed E-state index contributed by atoms with van der Waals surface area (Å²) in [5.74, 6) is 0.857. The number of aryl methyl sites for hydroxylation is 2. The Morgan fingerprint density at radius 2 is 2.33 bits per heavy atom. The lowest BCUT2D eigenvalue weighted by molar-refractivity contribution is 0.0619. The Balaban J connectivity index is 2.15. The fourth-order valence-electron chi connectivity index (χ4n) is 2.36. The molecule has 0 spiro atoms. The number of hydrogen-bond donors (Lipinski definition) is 1. The first kappa shape index (κ1) is 13.0. The molecule has 1 N–H and O–H groups in total. The minimum atomic E-state index is -0.0225. The maximum Gasteiger partial charge on any atom is 0.257 e. The summed E-state index contributed by atoms with van der Waals surface area (Å²) in [7, 11) is 0. The van der Waals surface area contributed by atoms with Gasteiger partial charge in [-0.3, -0.25) is 4.79 Å². The van der Waals surface area contributed by atoms with Crippen LogP contribution in [-0.4, -0.2) is 45.6 Å². The van der Waals surface area contributed by atoms with Crippen LogP contribution in [0.1, 0.15) is 34.7 Å². The Hall–Kier alpha value is -1.49. The van der Waals surface area contributed by atoms with E-state index >= 15 is 0 Å². The third-order valence-electron chi connectivity index (χ3n) is 3.39. The maximum atomic E-state index is 12.4. The van der Waals surface area contributed by atoms with E-state index in [-0.39, 0.29) is 18.4 Å². The molecule has 2 rings (SSSR count). The van der Waals surface area contributed by atoms with E-state index in [1.165, 1.54) is 0 Å². The van der Waals surface area contributed by atoms with E-state index in [0.717, 1.165) is 25.1 Å². The van der Waals surface area contributed by atoms with E-state index in [9.17, 15) is 9.90 Å². The molecular formula is C13H19N3O2. The van der Waals surface area contributed by atoms with Crippen LogP contribution < -0.4 is 0 Å². The van der Waals surface area contributed by atoms with Gasteiger partial charge in [0.2, 0.25) is 0 Å². The largest absolute Gasteiger partial charge is 0.396 e. The van der Waals surface area contributed by atoms with Crippen molar-refractivity contribution in [1.82, 2.24) is 14.9 Å². The molecule has 1 amide bonds. The zero-order chi connectivity index (χ0) is 13.1. The fourth-order valence-corrected chi connectivity index (χ4v) is 2.36. The highest BCUT2D eigenvalue weighted by Gasteiger charge is 2.25. The van der Waals surface area contributed by atoms with Crippen LogP contribution in [0.5, 0.6) is 0 Å². The highest BCUT2D eigenvalue weighted by molar-refractivity contribution is 5.95. The molecule has 1 atom stereocenters. The highest BCUT2D eigenvalue weighted by Crippen LogP contribution is 2.18. The van der Waals surface area contributed by atoms with Crippen LogP contribution >= 0.6 is 0 Å². The number of nitrogens with zero attached hydrogens (tertiary/aromatic N) is 3. The predicted molar refractivity (Wildman–Crippen MR) is 67.2 cm³/mol. The van der Waals surface area contributed by atoms with Gasteiger partial charge in [0.05, 0.1) is 11.3 Å². The van der Waals surface area contributed by atoms with E-state index in [1.807, 2.05) is 13.8 Å². The van der Waals surface area contributed by atoms with Crippen molar-refractivity contribution in [3.05, 3.63) is 23.3 Å². The molecule has 1 unspecified atom stereocenters. The van der Waals surface area contributed by atoms with Gasteiger partial charge < -0.3 is 10.0 Å². The predicted octanol–water partition coefficient (Wildman–Crippen LogP) is 0.938. The number of aliphatic hydroxyl groups excluding tert-OH is 1. The Labute approximate surface area is 107 Å². The monoisotopic (exact) mass is 249 g/mol. The SMILES string of the molecule is Cc1ncc(C(=O)N2CCCC(CO)C2)c(C)n1. The molecule has 1 saturated heterocycles. The molecule has 0 aromatic carbocycles. The van der Waals surface area contributed by atoms with Crippen LogP contribution in [-0.2, 0) is 0 Å². The standard InChI is InChI=1S/C13H19N3O2/c1-9-12(6-14-10(2)15-9)13(18)16-5-3-4-11(7-16)8-17/h6,11,17H,3-5,7-8H2,1-2H3. The summed E-state index contributed by atoms with van der Waals surface area (Å²) in [6, 6.07) is 0. The Morgan fingerprint density at radius 1 is 1.56 bits per heavy atom. The molecule has 1 aliphatic heterocycles. The second-order valence-corrected chi connectivity index (χ2v) is 4.86. The summed E-state index contributed by atoms with van der Waals surface area (Å²) < 4.78 is 0. The molecule has 1 aliphatic rings. The van der Waals surface area contributed by atoms with Crippen LogP contribution in [0.15, 0.2) is 6.20 Å². The van der Waals surface area contributed by atoms with Crippen LogP contribution in [0.2, 0.25) is 0 Å². The number of aromatic nitrogens is 2. The molecular weight excluding hydrogens is 230 g/mol. The number of carbonyl (C=O) groups excluding carboxylic acids is 1. The first-order chi connectivity index (χ1) is 8.61. The Bertz CT molecular complexity index is 448. The minimum Gasteiger partial charge on any atom is -0.396 e. The van der Waals surface area contributed by atoms with Crippen molar-refractivity contribution >= 4 is 5.91 Å². The van der Waals surface area contributed by atoms with Gasteiger partial charge >= 0.3 is 0 Å². The second-order valence-electron chi connectivity index (χ2n) is 4.86. The smallest absolute Gasteiger partial charge is 0.257 e. The summed E-state index contributed by atoms with van der Waals surface area (Å²) in [5.41, 5.74) is 1.29. The molecule has 1 fully saturated rings. The third kappa shape index (κ3) is 2.67. The molecule has 0 saturated carbocycles. The van der Waals surface area contributed by atoms with Gasteiger partial charge in [0, 0.05) is 25.9 Å². The van der Waals surface area contributed by atoms with Gasteiger partial charge in [-0.2, -0.15) is 0 Å². The van der Waals surface area contributed by atoms with Crippen molar-refractivity contribution in [1.29, 1.82) is 0 Å². The number of likely N-dealkylation sites (tertiary alicyclic amines) is 1. The maximum absolute atomic E-state index is 12.4. The summed E-state index contributed by atoms with van der Waals surface area (Å²) in [6.45, 7) is 5.16. The molecule has 5 nitrogen and oxygen atoms in total. The Kier molecular flexibility index (Phi) is 3.91. The van der Waals surface area contributed by atoms with Crippen LogP contribution in [0, 0.1) is 19.8 Å². The average Bonchev–Trinajstić information content (AvgIpc) is 2.38. The van der Waals surface area contributed by atoms with Gasteiger partial charge in [-0.25, -0.2) is 9.97 Å². The summed E-state index contributed by atoms with van der Waals surface area (Å²) in [6.07, 6.45) is 3.54. The van der Waals surface area contributed by atoms with Gasteiger partial charge in [-0.05, 0) is 32.6 Å². The molecule has 0 bridgehead atoms. The lowest BCUT2D eigenvalue weighted by Gasteiger charge is -2.32. The number of piperidine rings is 1. The quantitative estimate of drug-likeness (QED) is 0.847. The zero-order valence-electron chi connectivity index (χ0n) is 10.9. The summed E-state index contributed by atoms with van der Waals surface area (Å²) in [4.78, 5) is 22.5. The van der Waals surface area contributed by atoms with Crippen LogP contribution in [0.4, 0.5) is 0 Å². The van der Waals surface area contributed by atoms with Gasteiger partial charge in [-0.1, -0.05) is 0 Å². The topological polar surface area (TPSA) is 66.3 Å². The average molecular weight is 249 g/mol.